The molecule has 0 radical (unpaired) electrons. The van der Waals surface area contributed by atoms with Gasteiger partial charge in [-0.25, -0.2) is 10.8 Å². The molecular weight excluding hydrogens is 354 g/mol. The molecule has 120 valence electrons. The van der Waals surface area contributed by atoms with E-state index in [1.807, 2.05) is 24.3 Å². The average molecular weight is 374 g/mol. The molecule has 0 aliphatic heterocycles. The van der Waals surface area contributed by atoms with Crippen molar-refractivity contribution in [1.82, 2.24) is 4.98 Å². The van der Waals surface area contributed by atoms with Crippen molar-refractivity contribution in [1.29, 1.82) is 5.26 Å². The monoisotopic (exact) mass is 373 g/mol. The van der Waals surface area contributed by atoms with E-state index in [1.165, 1.54) is 0 Å². The number of pyridine rings is 1. The van der Waals surface area contributed by atoms with Gasteiger partial charge >= 0.3 is 0 Å². The Balaban J connectivity index is 2.39. The van der Waals surface area contributed by atoms with E-state index in [0.29, 0.717) is 17.9 Å². The molecule has 0 bridgehead atoms. The second kappa shape index (κ2) is 6.57. The highest BCUT2D eigenvalue weighted by Gasteiger charge is 2.18. The molecular formula is C17H20BrN5. The molecule has 1 aromatic carbocycles. The maximum atomic E-state index is 8.83. The van der Waals surface area contributed by atoms with Crippen molar-refractivity contribution in [3.63, 3.8) is 0 Å². The summed E-state index contributed by atoms with van der Waals surface area (Å²) in [7, 11) is 0. The van der Waals surface area contributed by atoms with Gasteiger partial charge in [-0.1, -0.05) is 26.8 Å². The van der Waals surface area contributed by atoms with Crippen molar-refractivity contribution >= 4 is 27.3 Å². The Bertz CT molecular complexity index is 741. The SMILES string of the molecule is CC(C)(C)CN(N)c1ccc(-c2ccc(C#N)nc2)c(Br)c1N. The van der Waals surface area contributed by atoms with Crippen LogP contribution in [-0.4, -0.2) is 11.5 Å². The van der Waals surface area contributed by atoms with Gasteiger partial charge in [-0.15, -0.1) is 0 Å². The Morgan fingerprint density at radius 3 is 2.48 bits per heavy atom. The fourth-order valence-corrected chi connectivity index (χ4v) is 2.84. The third kappa shape index (κ3) is 4.01. The van der Waals surface area contributed by atoms with Gasteiger partial charge in [-0.2, -0.15) is 5.26 Å². The van der Waals surface area contributed by atoms with Gasteiger partial charge in [0.1, 0.15) is 11.8 Å². The zero-order chi connectivity index (χ0) is 17.2. The van der Waals surface area contributed by atoms with Crippen LogP contribution in [0.2, 0.25) is 0 Å². The van der Waals surface area contributed by atoms with Crippen molar-refractivity contribution < 1.29 is 0 Å². The van der Waals surface area contributed by atoms with E-state index in [9.17, 15) is 0 Å². The molecule has 0 aliphatic rings. The molecule has 0 amide bonds. The number of nitriles is 1. The minimum absolute atomic E-state index is 0.0589. The summed E-state index contributed by atoms with van der Waals surface area (Å²) in [4.78, 5) is 4.09. The number of nitrogens with two attached hydrogens (primary N) is 2. The van der Waals surface area contributed by atoms with E-state index < -0.39 is 0 Å². The molecule has 0 unspecified atom stereocenters. The standard InChI is InChI=1S/C17H20BrN5/c1-17(2,3)10-23(21)14-7-6-13(15(18)16(14)20)11-4-5-12(8-19)22-9-11/h4-7,9H,10,20-21H2,1-3H3. The van der Waals surface area contributed by atoms with Crippen LogP contribution in [-0.2, 0) is 0 Å². The lowest BCUT2D eigenvalue weighted by Crippen LogP contribution is -2.38. The van der Waals surface area contributed by atoms with Crippen LogP contribution in [0.25, 0.3) is 11.1 Å². The van der Waals surface area contributed by atoms with Crippen molar-refractivity contribution in [3.8, 4) is 17.2 Å². The second-order valence-electron chi connectivity index (χ2n) is 6.59. The minimum atomic E-state index is 0.0589. The lowest BCUT2D eigenvalue weighted by atomic mass is 9.96. The normalized spacial score (nSPS) is 11.1. The fourth-order valence-electron chi connectivity index (χ4n) is 2.27. The number of hydrazine groups is 1. The van der Waals surface area contributed by atoms with E-state index in [2.05, 4.69) is 41.7 Å². The third-order valence-electron chi connectivity index (χ3n) is 3.30. The number of hydrogen-bond donors (Lipinski definition) is 2. The average Bonchev–Trinajstić information content (AvgIpc) is 2.48. The molecule has 5 nitrogen and oxygen atoms in total. The first-order chi connectivity index (χ1) is 10.7. The van der Waals surface area contributed by atoms with Crippen LogP contribution in [0.5, 0.6) is 0 Å². The molecule has 1 heterocycles. The molecule has 0 saturated carbocycles. The molecule has 0 fully saturated rings. The highest BCUT2D eigenvalue weighted by atomic mass is 79.9. The second-order valence-corrected chi connectivity index (χ2v) is 7.39. The molecule has 0 spiro atoms. The Kier molecular flexibility index (Phi) is 4.93. The van der Waals surface area contributed by atoms with Crippen LogP contribution in [0.15, 0.2) is 34.9 Å². The van der Waals surface area contributed by atoms with Gasteiger partial charge in [0, 0.05) is 18.3 Å². The fraction of sp³-hybridized carbons (Fsp3) is 0.294. The van der Waals surface area contributed by atoms with Crippen molar-refractivity contribution in [2.45, 2.75) is 20.8 Å². The van der Waals surface area contributed by atoms with Crippen LogP contribution >= 0.6 is 15.9 Å². The third-order valence-corrected chi connectivity index (χ3v) is 4.15. The Hall–Kier alpha value is -2.10. The summed E-state index contributed by atoms with van der Waals surface area (Å²) in [6.45, 7) is 7.04. The number of aromatic nitrogens is 1. The van der Waals surface area contributed by atoms with E-state index in [1.54, 1.807) is 17.3 Å². The summed E-state index contributed by atoms with van der Waals surface area (Å²) < 4.78 is 0.769. The van der Waals surface area contributed by atoms with Gasteiger partial charge in [0.2, 0.25) is 0 Å². The van der Waals surface area contributed by atoms with E-state index >= 15 is 0 Å². The first kappa shape index (κ1) is 17.3. The van der Waals surface area contributed by atoms with Gasteiger partial charge < -0.3 is 10.7 Å². The summed E-state index contributed by atoms with van der Waals surface area (Å²) in [5, 5.41) is 10.5. The predicted octanol–water partition coefficient (Wildman–Crippen LogP) is 3.69. The van der Waals surface area contributed by atoms with Crippen LogP contribution in [0.3, 0.4) is 0 Å². The molecule has 1 aromatic heterocycles. The van der Waals surface area contributed by atoms with Crippen molar-refractivity contribution in [2.75, 3.05) is 17.3 Å². The number of anilines is 2. The molecule has 0 saturated heterocycles. The van der Waals surface area contributed by atoms with Gasteiger partial charge in [0.05, 0.1) is 15.8 Å². The molecule has 0 aliphatic carbocycles. The zero-order valence-corrected chi connectivity index (χ0v) is 15.1. The predicted molar refractivity (Wildman–Crippen MR) is 97.5 cm³/mol. The Morgan fingerprint density at radius 1 is 1.26 bits per heavy atom. The highest BCUT2D eigenvalue weighted by Crippen LogP contribution is 2.38. The highest BCUT2D eigenvalue weighted by molar-refractivity contribution is 9.10. The van der Waals surface area contributed by atoms with Crippen LogP contribution in [0.1, 0.15) is 26.5 Å². The van der Waals surface area contributed by atoms with E-state index in [0.717, 1.165) is 21.3 Å². The quantitative estimate of drug-likeness (QED) is 0.486. The number of benzene rings is 1. The van der Waals surface area contributed by atoms with Crippen LogP contribution < -0.4 is 16.6 Å². The first-order valence-corrected chi connectivity index (χ1v) is 7.99. The molecule has 23 heavy (non-hydrogen) atoms. The topological polar surface area (TPSA) is 92.0 Å². The lowest BCUT2D eigenvalue weighted by molar-refractivity contribution is 0.412. The lowest BCUT2D eigenvalue weighted by Gasteiger charge is -2.29. The minimum Gasteiger partial charge on any atom is -0.396 e. The summed E-state index contributed by atoms with van der Waals surface area (Å²) >= 11 is 3.55. The van der Waals surface area contributed by atoms with Gasteiger partial charge in [0.15, 0.2) is 0 Å². The Labute approximate surface area is 145 Å². The van der Waals surface area contributed by atoms with E-state index in [4.69, 9.17) is 16.8 Å². The van der Waals surface area contributed by atoms with E-state index in [-0.39, 0.29) is 5.41 Å². The summed E-state index contributed by atoms with van der Waals surface area (Å²) in [6, 6.07) is 9.38. The summed E-state index contributed by atoms with van der Waals surface area (Å²) in [5.41, 5.74) is 9.85. The number of hydrogen-bond acceptors (Lipinski definition) is 5. The van der Waals surface area contributed by atoms with Gasteiger partial charge in [-0.3, -0.25) is 0 Å². The maximum absolute atomic E-state index is 8.83. The number of halogens is 1. The summed E-state index contributed by atoms with van der Waals surface area (Å²) in [6.07, 6.45) is 1.66. The molecule has 6 heteroatoms. The van der Waals surface area contributed by atoms with Crippen molar-refractivity contribution in [3.05, 3.63) is 40.6 Å². The summed E-state index contributed by atoms with van der Waals surface area (Å²) in [5.74, 6) is 6.16. The van der Waals surface area contributed by atoms with Crippen molar-refractivity contribution in [2.24, 2.45) is 11.3 Å². The molecule has 4 N–H and O–H groups in total. The smallest absolute Gasteiger partial charge is 0.140 e. The number of rotatable bonds is 3. The first-order valence-electron chi connectivity index (χ1n) is 7.19. The number of nitrogens with zero attached hydrogens (tertiary/aromatic N) is 3. The molecule has 2 aromatic rings. The maximum Gasteiger partial charge on any atom is 0.140 e. The largest absolute Gasteiger partial charge is 0.396 e. The zero-order valence-electron chi connectivity index (χ0n) is 13.5. The van der Waals surface area contributed by atoms with Gasteiger partial charge in [-0.05, 0) is 45.1 Å². The molecule has 0 atom stereocenters. The molecule has 2 rings (SSSR count). The Morgan fingerprint density at radius 2 is 1.96 bits per heavy atom. The number of nitrogen functional groups attached to an aromatic ring is 1. The van der Waals surface area contributed by atoms with Gasteiger partial charge in [0.25, 0.3) is 0 Å². The van der Waals surface area contributed by atoms with Crippen LogP contribution in [0.4, 0.5) is 11.4 Å². The van der Waals surface area contributed by atoms with Crippen LogP contribution in [0, 0.1) is 16.7 Å².